The van der Waals surface area contributed by atoms with Crippen LogP contribution in [0.5, 0.6) is 0 Å². The predicted octanol–water partition coefficient (Wildman–Crippen LogP) is 3.80. The molecule has 2 aromatic heterocycles. The lowest BCUT2D eigenvalue weighted by molar-refractivity contribution is -0.0230. The molecule has 4 rings (SSSR count). The zero-order valence-electron chi connectivity index (χ0n) is 14.2. The molecule has 1 saturated heterocycles. The minimum absolute atomic E-state index is 0.129. The Morgan fingerprint density at radius 1 is 1.31 bits per heavy atom. The number of carbonyl (C=O) groups excluding carboxylic acids is 1. The van der Waals surface area contributed by atoms with Crippen molar-refractivity contribution < 1.29 is 13.9 Å². The SMILES string of the molecule is Cc1ccc(-c2cc(C(=O)N3CCO[C@H](c4ccc(F)cc4)C3)n[nH]2)s1. The van der Waals surface area contributed by atoms with Gasteiger partial charge in [0.1, 0.15) is 11.9 Å². The maximum absolute atomic E-state index is 13.1. The number of ether oxygens (including phenoxy) is 1. The van der Waals surface area contributed by atoms with Crippen LogP contribution in [0.15, 0.2) is 42.5 Å². The second-order valence-electron chi connectivity index (χ2n) is 6.24. The molecule has 1 amide bonds. The molecule has 3 heterocycles. The van der Waals surface area contributed by atoms with Crippen LogP contribution in [0, 0.1) is 12.7 Å². The van der Waals surface area contributed by atoms with Gasteiger partial charge in [-0.2, -0.15) is 5.10 Å². The Balaban J connectivity index is 1.49. The maximum Gasteiger partial charge on any atom is 0.274 e. The van der Waals surface area contributed by atoms with E-state index in [0.29, 0.717) is 25.4 Å². The number of aryl methyl sites for hydroxylation is 1. The van der Waals surface area contributed by atoms with E-state index in [1.54, 1.807) is 34.4 Å². The Hall–Kier alpha value is -2.51. The molecule has 0 saturated carbocycles. The van der Waals surface area contributed by atoms with Crippen molar-refractivity contribution in [2.24, 2.45) is 0 Å². The minimum atomic E-state index is -0.287. The Labute approximate surface area is 154 Å². The van der Waals surface area contributed by atoms with E-state index < -0.39 is 0 Å². The van der Waals surface area contributed by atoms with Crippen molar-refractivity contribution in [3.8, 4) is 10.6 Å². The first-order chi connectivity index (χ1) is 12.6. The van der Waals surface area contributed by atoms with Crippen LogP contribution in [-0.4, -0.2) is 40.7 Å². The number of thiophene rings is 1. The van der Waals surface area contributed by atoms with Crippen LogP contribution in [0.1, 0.15) is 27.0 Å². The van der Waals surface area contributed by atoms with E-state index in [0.717, 1.165) is 16.1 Å². The third-order valence-electron chi connectivity index (χ3n) is 4.40. The highest BCUT2D eigenvalue weighted by Gasteiger charge is 2.27. The maximum atomic E-state index is 13.1. The molecule has 3 aromatic rings. The summed E-state index contributed by atoms with van der Waals surface area (Å²) in [6.07, 6.45) is -0.258. The van der Waals surface area contributed by atoms with Crippen LogP contribution in [0.25, 0.3) is 10.6 Å². The zero-order valence-corrected chi connectivity index (χ0v) is 15.1. The molecule has 1 aromatic carbocycles. The average molecular weight is 371 g/mol. The summed E-state index contributed by atoms with van der Waals surface area (Å²) < 4.78 is 18.9. The topological polar surface area (TPSA) is 58.2 Å². The molecule has 1 aliphatic heterocycles. The summed E-state index contributed by atoms with van der Waals surface area (Å²) in [5.74, 6) is -0.415. The number of nitrogens with zero attached hydrogens (tertiary/aromatic N) is 2. The van der Waals surface area contributed by atoms with Gasteiger partial charge in [-0.15, -0.1) is 11.3 Å². The first kappa shape index (κ1) is 16.9. The molecule has 7 heteroatoms. The van der Waals surface area contributed by atoms with E-state index in [9.17, 15) is 9.18 Å². The number of hydrogen-bond acceptors (Lipinski definition) is 4. The first-order valence-electron chi connectivity index (χ1n) is 8.39. The van der Waals surface area contributed by atoms with E-state index in [1.165, 1.54) is 17.0 Å². The molecule has 26 heavy (non-hydrogen) atoms. The van der Waals surface area contributed by atoms with E-state index >= 15 is 0 Å². The number of halogens is 1. The van der Waals surface area contributed by atoms with Gasteiger partial charge in [-0.25, -0.2) is 4.39 Å². The van der Waals surface area contributed by atoms with E-state index in [2.05, 4.69) is 10.2 Å². The smallest absolute Gasteiger partial charge is 0.274 e. The second kappa shape index (κ2) is 7.01. The normalized spacial score (nSPS) is 17.5. The molecule has 1 aliphatic rings. The van der Waals surface area contributed by atoms with Crippen molar-refractivity contribution in [2.75, 3.05) is 19.7 Å². The lowest BCUT2D eigenvalue weighted by Crippen LogP contribution is -2.42. The number of morpholine rings is 1. The highest BCUT2D eigenvalue weighted by Crippen LogP contribution is 2.27. The molecule has 1 atom stereocenters. The number of H-pyrrole nitrogens is 1. The molecule has 1 N–H and O–H groups in total. The van der Waals surface area contributed by atoms with Gasteiger partial charge in [0.15, 0.2) is 5.69 Å². The third kappa shape index (κ3) is 3.40. The van der Waals surface area contributed by atoms with Crippen molar-refractivity contribution in [1.29, 1.82) is 0 Å². The van der Waals surface area contributed by atoms with Crippen molar-refractivity contribution in [2.45, 2.75) is 13.0 Å². The molecule has 0 radical (unpaired) electrons. The molecular formula is C19H18FN3O2S. The van der Waals surface area contributed by atoms with Gasteiger partial charge in [0.2, 0.25) is 0 Å². The molecule has 5 nitrogen and oxygen atoms in total. The summed E-state index contributed by atoms with van der Waals surface area (Å²) >= 11 is 1.65. The van der Waals surface area contributed by atoms with Gasteiger partial charge >= 0.3 is 0 Å². The number of aromatic amines is 1. The van der Waals surface area contributed by atoms with E-state index in [4.69, 9.17) is 4.74 Å². The van der Waals surface area contributed by atoms with Gasteiger partial charge in [0.05, 0.1) is 23.7 Å². The van der Waals surface area contributed by atoms with Crippen LogP contribution in [0.4, 0.5) is 4.39 Å². The van der Waals surface area contributed by atoms with Gasteiger partial charge < -0.3 is 9.64 Å². The van der Waals surface area contributed by atoms with Crippen LogP contribution in [0.3, 0.4) is 0 Å². The van der Waals surface area contributed by atoms with Gasteiger partial charge in [-0.1, -0.05) is 12.1 Å². The number of aromatic nitrogens is 2. The lowest BCUT2D eigenvalue weighted by Gasteiger charge is -2.32. The molecule has 0 aliphatic carbocycles. The minimum Gasteiger partial charge on any atom is -0.370 e. The molecule has 0 unspecified atom stereocenters. The van der Waals surface area contributed by atoms with Crippen LogP contribution >= 0.6 is 11.3 Å². The van der Waals surface area contributed by atoms with Crippen LogP contribution < -0.4 is 0 Å². The van der Waals surface area contributed by atoms with Crippen molar-refractivity contribution in [3.63, 3.8) is 0 Å². The molecule has 134 valence electrons. The summed E-state index contributed by atoms with van der Waals surface area (Å²) in [6, 6.07) is 12.0. The third-order valence-corrected chi connectivity index (χ3v) is 5.43. The fraction of sp³-hybridized carbons (Fsp3) is 0.263. The largest absolute Gasteiger partial charge is 0.370 e. The Morgan fingerprint density at radius 3 is 2.85 bits per heavy atom. The Morgan fingerprint density at radius 2 is 2.12 bits per heavy atom. The van der Waals surface area contributed by atoms with Gasteiger partial charge in [-0.05, 0) is 42.8 Å². The van der Waals surface area contributed by atoms with E-state index in [-0.39, 0.29) is 17.8 Å². The highest BCUT2D eigenvalue weighted by atomic mass is 32.1. The quantitative estimate of drug-likeness (QED) is 0.762. The fourth-order valence-electron chi connectivity index (χ4n) is 3.01. The summed E-state index contributed by atoms with van der Waals surface area (Å²) in [5, 5.41) is 7.13. The number of nitrogens with one attached hydrogen (secondary N) is 1. The zero-order chi connectivity index (χ0) is 18.1. The Bertz CT molecular complexity index is 919. The van der Waals surface area contributed by atoms with Gasteiger partial charge in [0, 0.05) is 11.4 Å². The van der Waals surface area contributed by atoms with Gasteiger partial charge in [0.25, 0.3) is 5.91 Å². The molecule has 0 spiro atoms. The van der Waals surface area contributed by atoms with Crippen LogP contribution in [-0.2, 0) is 4.74 Å². The number of amides is 1. The second-order valence-corrected chi connectivity index (χ2v) is 7.53. The molecule has 0 bridgehead atoms. The van der Waals surface area contributed by atoms with Crippen molar-refractivity contribution >= 4 is 17.2 Å². The number of hydrogen-bond donors (Lipinski definition) is 1. The monoisotopic (exact) mass is 371 g/mol. The average Bonchev–Trinajstić information content (AvgIpc) is 3.31. The standard InChI is InChI=1S/C19H18FN3O2S/c1-12-2-7-18(26-12)15-10-16(22-21-15)19(24)23-8-9-25-17(11-23)13-3-5-14(20)6-4-13/h2-7,10,17H,8-9,11H2,1H3,(H,21,22)/t17-/m0/s1. The van der Waals surface area contributed by atoms with Gasteiger partial charge in [-0.3, -0.25) is 9.89 Å². The highest BCUT2D eigenvalue weighted by molar-refractivity contribution is 7.15. The predicted molar refractivity (Wildman–Crippen MR) is 97.6 cm³/mol. The number of rotatable bonds is 3. The van der Waals surface area contributed by atoms with Crippen molar-refractivity contribution in [3.05, 3.63) is 64.4 Å². The summed E-state index contributed by atoms with van der Waals surface area (Å²) in [5.41, 5.74) is 2.10. The molecule has 1 fully saturated rings. The summed E-state index contributed by atoms with van der Waals surface area (Å²) in [6.45, 7) is 3.41. The van der Waals surface area contributed by atoms with Crippen LogP contribution in [0.2, 0.25) is 0 Å². The summed E-state index contributed by atoms with van der Waals surface area (Å²) in [4.78, 5) is 16.8. The van der Waals surface area contributed by atoms with E-state index in [1.807, 2.05) is 19.1 Å². The molecular weight excluding hydrogens is 353 g/mol. The Kier molecular flexibility index (Phi) is 4.57. The summed E-state index contributed by atoms with van der Waals surface area (Å²) in [7, 11) is 0. The first-order valence-corrected chi connectivity index (χ1v) is 9.20. The van der Waals surface area contributed by atoms with Crippen molar-refractivity contribution in [1.82, 2.24) is 15.1 Å². The number of carbonyl (C=O) groups is 1. The number of benzene rings is 1. The lowest BCUT2D eigenvalue weighted by atomic mass is 10.1. The fourth-order valence-corrected chi connectivity index (χ4v) is 3.85.